The summed E-state index contributed by atoms with van der Waals surface area (Å²) in [5.74, 6) is 1.60. The molecule has 2 aliphatic carbocycles. The van der Waals surface area contributed by atoms with Crippen molar-refractivity contribution in [1.29, 1.82) is 0 Å². The minimum atomic E-state index is -0.542. The van der Waals surface area contributed by atoms with Crippen LogP contribution in [0.3, 0.4) is 0 Å². The van der Waals surface area contributed by atoms with E-state index in [-0.39, 0.29) is 11.6 Å². The van der Waals surface area contributed by atoms with Crippen molar-refractivity contribution in [1.82, 2.24) is 5.32 Å². The highest BCUT2D eigenvalue weighted by molar-refractivity contribution is 5.55. The number of hydrogen-bond donors (Lipinski definition) is 2. The number of benzene rings is 2. The summed E-state index contributed by atoms with van der Waals surface area (Å²) in [5, 5.41) is 14.1. The molecule has 0 saturated heterocycles. The zero-order valence-electron chi connectivity index (χ0n) is 19.9. The number of aryl methyl sites for hydroxylation is 3. The fraction of sp³-hybridized carbons (Fsp3) is 0.571. The average Bonchev–Trinajstić information content (AvgIpc) is 3.18. The molecule has 2 aromatic rings. The quantitative estimate of drug-likeness (QED) is 0.595. The van der Waals surface area contributed by atoms with Gasteiger partial charge in [-0.15, -0.1) is 0 Å². The van der Waals surface area contributed by atoms with E-state index in [1.807, 2.05) is 0 Å². The Balaban J connectivity index is 1.12. The summed E-state index contributed by atoms with van der Waals surface area (Å²) in [6.45, 7) is 9.44. The summed E-state index contributed by atoms with van der Waals surface area (Å²) in [6, 6.07) is 11.2. The molecule has 1 unspecified atom stereocenters. The van der Waals surface area contributed by atoms with Gasteiger partial charge >= 0.3 is 0 Å². The number of aliphatic hydroxyl groups excluding tert-OH is 1. The van der Waals surface area contributed by atoms with Crippen LogP contribution in [0.2, 0.25) is 0 Å². The maximum atomic E-state index is 10.6. The Morgan fingerprint density at radius 3 is 2.84 bits per heavy atom. The van der Waals surface area contributed by atoms with E-state index < -0.39 is 6.10 Å². The van der Waals surface area contributed by atoms with Gasteiger partial charge < -0.3 is 19.9 Å². The minimum absolute atomic E-state index is 0.0543. The van der Waals surface area contributed by atoms with E-state index >= 15 is 0 Å². The molecule has 172 valence electrons. The Morgan fingerprint density at radius 2 is 2.00 bits per heavy atom. The highest BCUT2D eigenvalue weighted by atomic mass is 16.5. The van der Waals surface area contributed by atoms with Crippen molar-refractivity contribution in [2.45, 2.75) is 89.6 Å². The standard InChI is InChI=1S/C28H37NO3/c1-17-8-11-23(26-24-13-25(24)32-27(17)26)18(2)31-16-22(30)15-29-28(3,4)14-19-9-10-20-6-5-7-21(20)12-19/h8-12,18,22,24-25,29-30H,5-7,13-16H2,1-4H3/t18-,22-,24-,25?/m1/s1. The molecular weight excluding hydrogens is 398 g/mol. The largest absolute Gasteiger partial charge is 0.489 e. The second kappa shape index (κ2) is 8.48. The van der Waals surface area contributed by atoms with Crippen molar-refractivity contribution >= 4 is 0 Å². The molecule has 0 spiro atoms. The number of nitrogens with one attached hydrogen (secondary N) is 1. The molecule has 0 aromatic heterocycles. The fourth-order valence-electron chi connectivity index (χ4n) is 5.48. The Hall–Kier alpha value is -1.88. The molecule has 1 aliphatic heterocycles. The highest BCUT2D eigenvalue weighted by Gasteiger charge is 2.50. The van der Waals surface area contributed by atoms with E-state index in [0.29, 0.717) is 25.2 Å². The summed E-state index contributed by atoms with van der Waals surface area (Å²) in [4.78, 5) is 0. The number of aliphatic hydroxyl groups is 1. The number of β-amino-alcohol motifs (C(OH)–C–C–N with tert-alkyl or cyclic N) is 1. The van der Waals surface area contributed by atoms with Crippen LogP contribution in [0.25, 0.3) is 0 Å². The van der Waals surface area contributed by atoms with Crippen molar-refractivity contribution < 1.29 is 14.6 Å². The van der Waals surface area contributed by atoms with Crippen LogP contribution in [-0.2, 0) is 24.0 Å². The van der Waals surface area contributed by atoms with Gasteiger partial charge in [0.25, 0.3) is 0 Å². The number of hydrogen-bond acceptors (Lipinski definition) is 4. The van der Waals surface area contributed by atoms with Crippen LogP contribution >= 0.6 is 0 Å². The van der Waals surface area contributed by atoms with Crippen LogP contribution in [0.15, 0.2) is 30.3 Å². The molecule has 1 saturated carbocycles. The third kappa shape index (κ3) is 4.46. The van der Waals surface area contributed by atoms with Gasteiger partial charge in [-0.05, 0) is 87.6 Å². The van der Waals surface area contributed by atoms with Gasteiger partial charge in [-0.2, -0.15) is 0 Å². The Kier molecular flexibility index (Phi) is 5.81. The molecule has 4 heteroatoms. The molecule has 0 bridgehead atoms. The van der Waals surface area contributed by atoms with Gasteiger partial charge in [0, 0.05) is 23.6 Å². The van der Waals surface area contributed by atoms with E-state index in [9.17, 15) is 5.11 Å². The third-order valence-corrected chi connectivity index (χ3v) is 7.40. The molecule has 4 atom stereocenters. The lowest BCUT2D eigenvalue weighted by molar-refractivity contribution is -0.00448. The molecular formula is C28H37NO3. The molecule has 2 N–H and O–H groups in total. The lowest BCUT2D eigenvalue weighted by Crippen LogP contribution is -2.46. The maximum Gasteiger partial charge on any atom is 0.126 e. The predicted octanol–water partition coefficient (Wildman–Crippen LogP) is 4.78. The first-order valence-corrected chi connectivity index (χ1v) is 12.3. The Labute approximate surface area is 192 Å². The highest BCUT2D eigenvalue weighted by Crippen LogP contribution is 2.56. The third-order valence-electron chi connectivity index (χ3n) is 7.40. The first kappa shape index (κ1) is 21.9. The van der Waals surface area contributed by atoms with Gasteiger partial charge in [0.15, 0.2) is 0 Å². The van der Waals surface area contributed by atoms with Gasteiger partial charge in [-0.3, -0.25) is 0 Å². The van der Waals surface area contributed by atoms with Crippen molar-refractivity contribution in [3.05, 3.63) is 63.7 Å². The second-order valence-electron chi connectivity index (χ2n) is 10.7. The Bertz CT molecular complexity index is 998. The summed E-state index contributed by atoms with van der Waals surface area (Å²) in [7, 11) is 0. The zero-order valence-corrected chi connectivity index (χ0v) is 19.9. The number of ether oxygens (including phenoxy) is 2. The molecule has 3 aliphatic rings. The minimum Gasteiger partial charge on any atom is -0.489 e. The molecule has 0 radical (unpaired) electrons. The van der Waals surface area contributed by atoms with Gasteiger partial charge in [0.05, 0.1) is 18.8 Å². The first-order valence-electron chi connectivity index (χ1n) is 12.3. The van der Waals surface area contributed by atoms with Crippen LogP contribution < -0.4 is 10.1 Å². The van der Waals surface area contributed by atoms with Gasteiger partial charge in [-0.25, -0.2) is 0 Å². The van der Waals surface area contributed by atoms with Crippen LogP contribution in [0.4, 0.5) is 0 Å². The lowest BCUT2D eigenvalue weighted by atomic mass is 9.93. The number of fused-ring (bicyclic) bond motifs is 4. The van der Waals surface area contributed by atoms with Gasteiger partial charge in [-0.1, -0.05) is 30.3 Å². The smallest absolute Gasteiger partial charge is 0.126 e. The fourth-order valence-corrected chi connectivity index (χ4v) is 5.48. The summed E-state index contributed by atoms with van der Waals surface area (Å²) in [6.07, 6.45) is 5.57. The molecule has 5 rings (SSSR count). The molecule has 4 nitrogen and oxygen atoms in total. The monoisotopic (exact) mass is 435 g/mol. The van der Waals surface area contributed by atoms with E-state index in [0.717, 1.165) is 18.6 Å². The normalized spacial score (nSPS) is 22.7. The molecule has 1 fully saturated rings. The summed E-state index contributed by atoms with van der Waals surface area (Å²) < 4.78 is 12.2. The van der Waals surface area contributed by atoms with Crippen molar-refractivity contribution in [2.75, 3.05) is 13.2 Å². The van der Waals surface area contributed by atoms with Crippen LogP contribution in [-0.4, -0.2) is 36.0 Å². The van der Waals surface area contributed by atoms with Crippen molar-refractivity contribution in [3.8, 4) is 5.75 Å². The van der Waals surface area contributed by atoms with Crippen molar-refractivity contribution in [3.63, 3.8) is 0 Å². The molecule has 32 heavy (non-hydrogen) atoms. The summed E-state index contributed by atoms with van der Waals surface area (Å²) in [5.41, 5.74) is 8.08. The van der Waals surface area contributed by atoms with Crippen LogP contribution in [0, 0.1) is 6.92 Å². The Morgan fingerprint density at radius 1 is 1.19 bits per heavy atom. The van der Waals surface area contributed by atoms with Gasteiger partial charge in [0.2, 0.25) is 0 Å². The predicted molar refractivity (Wildman–Crippen MR) is 128 cm³/mol. The molecule has 1 heterocycles. The molecule has 2 aromatic carbocycles. The van der Waals surface area contributed by atoms with E-state index in [1.165, 1.54) is 52.6 Å². The topological polar surface area (TPSA) is 50.7 Å². The van der Waals surface area contributed by atoms with E-state index in [1.54, 1.807) is 0 Å². The lowest BCUT2D eigenvalue weighted by Gasteiger charge is -2.28. The van der Waals surface area contributed by atoms with Crippen molar-refractivity contribution in [2.24, 2.45) is 0 Å². The summed E-state index contributed by atoms with van der Waals surface area (Å²) >= 11 is 0. The van der Waals surface area contributed by atoms with E-state index in [4.69, 9.17) is 9.47 Å². The maximum absolute atomic E-state index is 10.6. The number of rotatable bonds is 9. The second-order valence-corrected chi connectivity index (χ2v) is 10.7. The molecule has 0 amide bonds. The van der Waals surface area contributed by atoms with Crippen LogP contribution in [0.1, 0.15) is 79.0 Å². The van der Waals surface area contributed by atoms with Gasteiger partial charge in [0.1, 0.15) is 11.9 Å². The van der Waals surface area contributed by atoms with Crippen LogP contribution in [0.5, 0.6) is 5.75 Å². The first-order chi connectivity index (χ1) is 15.3. The van der Waals surface area contributed by atoms with E-state index in [2.05, 4.69) is 63.3 Å². The SMILES string of the molecule is Cc1ccc([C@@H](C)OC[C@H](O)CNC(C)(C)Cc2ccc3c(c2)CCC3)c2c1OC1C[C@@H]21. The average molecular weight is 436 g/mol. The zero-order chi connectivity index (χ0) is 22.5.